The Balaban J connectivity index is 3.35. The standard InChI is InChI=1S/C4H4N2OS/c7-6-3-1-2-5-4(6)8/h1-3,7H. The van der Waals surface area contributed by atoms with E-state index in [2.05, 4.69) is 17.2 Å². The molecule has 0 aromatic carbocycles. The van der Waals surface area contributed by atoms with Crippen molar-refractivity contribution in [2.75, 3.05) is 0 Å². The highest BCUT2D eigenvalue weighted by Crippen LogP contribution is 1.80. The molecule has 0 amide bonds. The molecule has 8 heavy (non-hydrogen) atoms. The van der Waals surface area contributed by atoms with E-state index in [0.717, 1.165) is 4.73 Å². The predicted molar refractivity (Wildman–Crippen MR) is 30.2 cm³/mol. The lowest BCUT2D eigenvalue weighted by molar-refractivity contribution is 0.176. The van der Waals surface area contributed by atoms with E-state index in [0.29, 0.717) is 0 Å². The van der Waals surface area contributed by atoms with Crippen LogP contribution in [-0.2, 0) is 0 Å². The first-order chi connectivity index (χ1) is 3.80. The lowest BCUT2D eigenvalue weighted by atomic mass is 10.7. The van der Waals surface area contributed by atoms with Gasteiger partial charge in [0.1, 0.15) is 0 Å². The van der Waals surface area contributed by atoms with Gasteiger partial charge in [0.05, 0.1) is 0 Å². The van der Waals surface area contributed by atoms with E-state index in [1.165, 1.54) is 12.4 Å². The molecule has 1 aromatic rings. The number of hydrogen-bond donors (Lipinski definition) is 1. The third-order valence-electron chi connectivity index (χ3n) is 0.694. The Morgan fingerprint density at radius 3 is 2.88 bits per heavy atom. The Morgan fingerprint density at radius 2 is 2.50 bits per heavy atom. The summed E-state index contributed by atoms with van der Waals surface area (Å²) in [4.78, 5) is 3.61. The summed E-state index contributed by atoms with van der Waals surface area (Å²) in [6, 6.07) is 1.59. The van der Waals surface area contributed by atoms with Crippen LogP contribution in [0, 0.1) is 4.77 Å². The van der Waals surface area contributed by atoms with Crippen molar-refractivity contribution in [3.8, 4) is 0 Å². The average Bonchev–Trinajstić information content (AvgIpc) is 1.77. The second kappa shape index (κ2) is 1.92. The van der Waals surface area contributed by atoms with E-state index in [-0.39, 0.29) is 4.77 Å². The smallest absolute Gasteiger partial charge is 0.233 e. The van der Waals surface area contributed by atoms with Gasteiger partial charge in [-0.05, 0) is 18.3 Å². The van der Waals surface area contributed by atoms with Crippen LogP contribution in [0.15, 0.2) is 18.5 Å². The van der Waals surface area contributed by atoms with Crippen LogP contribution < -0.4 is 0 Å². The van der Waals surface area contributed by atoms with E-state index in [1.807, 2.05) is 0 Å². The normalized spacial score (nSPS) is 9.00. The maximum absolute atomic E-state index is 8.67. The summed E-state index contributed by atoms with van der Waals surface area (Å²) >= 11 is 4.56. The Morgan fingerprint density at radius 1 is 1.75 bits per heavy atom. The van der Waals surface area contributed by atoms with Crippen molar-refractivity contribution in [1.82, 2.24) is 9.71 Å². The second-order valence-electron chi connectivity index (χ2n) is 1.25. The first kappa shape index (κ1) is 5.24. The molecule has 0 bridgehead atoms. The van der Waals surface area contributed by atoms with Crippen LogP contribution >= 0.6 is 12.2 Å². The fourth-order valence-corrected chi connectivity index (χ4v) is 0.471. The molecule has 3 nitrogen and oxygen atoms in total. The Bertz CT molecular complexity index is 231. The lowest BCUT2D eigenvalue weighted by Crippen LogP contribution is -1.92. The molecule has 0 atom stereocenters. The van der Waals surface area contributed by atoms with Crippen molar-refractivity contribution in [3.63, 3.8) is 0 Å². The molecule has 1 rings (SSSR count). The summed E-state index contributed by atoms with van der Waals surface area (Å²) in [7, 11) is 0. The van der Waals surface area contributed by atoms with E-state index >= 15 is 0 Å². The highest BCUT2D eigenvalue weighted by atomic mass is 32.1. The molecule has 42 valence electrons. The zero-order valence-corrected chi connectivity index (χ0v) is 4.80. The Kier molecular flexibility index (Phi) is 1.26. The van der Waals surface area contributed by atoms with E-state index in [4.69, 9.17) is 5.21 Å². The minimum atomic E-state index is 0.174. The Hall–Kier alpha value is -0.900. The molecule has 0 spiro atoms. The van der Waals surface area contributed by atoms with E-state index in [1.54, 1.807) is 6.07 Å². The van der Waals surface area contributed by atoms with Gasteiger partial charge in [0.2, 0.25) is 4.77 Å². The second-order valence-corrected chi connectivity index (χ2v) is 1.61. The topological polar surface area (TPSA) is 38.0 Å². The van der Waals surface area contributed by atoms with Gasteiger partial charge in [-0.1, -0.05) is 0 Å². The molecule has 1 heterocycles. The monoisotopic (exact) mass is 128 g/mol. The van der Waals surface area contributed by atoms with Gasteiger partial charge in [-0.15, -0.1) is 0 Å². The van der Waals surface area contributed by atoms with Crippen LogP contribution in [0.5, 0.6) is 0 Å². The molecular formula is C4H4N2OS. The number of rotatable bonds is 0. The van der Waals surface area contributed by atoms with Gasteiger partial charge < -0.3 is 5.21 Å². The molecule has 0 saturated carbocycles. The minimum absolute atomic E-state index is 0.174. The zero-order valence-electron chi connectivity index (χ0n) is 3.98. The molecule has 0 aliphatic rings. The SMILES string of the molecule is On1cccnc1=S. The largest absolute Gasteiger partial charge is 0.426 e. The predicted octanol–water partition coefficient (Wildman–Crippen LogP) is 0.850. The molecule has 0 radical (unpaired) electrons. The quantitative estimate of drug-likeness (QED) is 0.416. The van der Waals surface area contributed by atoms with Crippen molar-refractivity contribution < 1.29 is 5.21 Å². The van der Waals surface area contributed by atoms with E-state index in [9.17, 15) is 0 Å². The van der Waals surface area contributed by atoms with Crippen molar-refractivity contribution in [3.05, 3.63) is 23.2 Å². The van der Waals surface area contributed by atoms with Gasteiger partial charge in [-0.3, -0.25) is 0 Å². The van der Waals surface area contributed by atoms with Crippen molar-refractivity contribution in [2.24, 2.45) is 0 Å². The highest BCUT2D eigenvalue weighted by molar-refractivity contribution is 7.71. The fourth-order valence-electron chi connectivity index (χ4n) is 0.350. The summed E-state index contributed by atoms with van der Waals surface area (Å²) < 4.78 is 0.961. The van der Waals surface area contributed by atoms with Crippen LogP contribution in [0.4, 0.5) is 0 Å². The molecule has 0 aliphatic heterocycles. The van der Waals surface area contributed by atoms with Gasteiger partial charge in [0.15, 0.2) is 0 Å². The maximum Gasteiger partial charge on any atom is 0.233 e. The van der Waals surface area contributed by atoms with Gasteiger partial charge in [0.25, 0.3) is 0 Å². The van der Waals surface area contributed by atoms with Crippen molar-refractivity contribution in [1.29, 1.82) is 0 Å². The fraction of sp³-hybridized carbons (Fsp3) is 0. The molecule has 0 aliphatic carbocycles. The van der Waals surface area contributed by atoms with Crippen LogP contribution in [0.2, 0.25) is 0 Å². The number of hydrogen-bond acceptors (Lipinski definition) is 3. The summed E-state index contributed by atoms with van der Waals surface area (Å²) in [5.74, 6) is 0. The summed E-state index contributed by atoms with van der Waals surface area (Å²) in [5, 5.41) is 8.67. The lowest BCUT2D eigenvalue weighted by Gasteiger charge is -1.89. The van der Waals surface area contributed by atoms with Crippen LogP contribution in [-0.4, -0.2) is 14.9 Å². The zero-order chi connectivity index (χ0) is 5.98. The van der Waals surface area contributed by atoms with Crippen LogP contribution in [0.1, 0.15) is 0 Å². The maximum atomic E-state index is 8.67. The molecule has 1 aromatic heterocycles. The molecular weight excluding hydrogens is 124 g/mol. The Labute approximate surface area is 51.2 Å². The molecule has 0 unspecified atom stereocenters. The highest BCUT2D eigenvalue weighted by Gasteiger charge is 1.79. The van der Waals surface area contributed by atoms with Gasteiger partial charge >= 0.3 is 0 Å². The van der Waals surface area contributed by atoms with Crippen LogP contribution in [0.3, 0.4) is 0 Å². The average molecular weight is 128 g/mol. The first-order valence-electron chi connectivity index (χ1n) is 2.03. The first-order valence-corrected chi connectivity index (χ1v) is 2.44. The van der Waals surface area contributed by atoms with Gasteiger partial charge in [-0.2, -0.15) is 4.73 Å². The summed E-state index contributed by atoms with van der Waals surface area (Å²) in [6.07, 6.45) is 2.95. The number of aromatic nitrogens is 2. The van der Waals surface area contributed by atoms with Gasteiger partial charge in [0, 0.05) is 12.4 Å². The van der Waals surface area contributed by atoms with Gasteiger partial charge in [-0.25, -0.2) is 4.98 Å². The minimum Gasteiger partial charge on any atom is -0.426 e. The molecule has 0 saturated heterocycles. The summed E-state index contributed by atoms with van der Waals surface area (Å²) in [6.45, 7) is 0. The third kappa shape index (κ3) is 0.840. The van der Waals surface area contributed by atoms with E-state index < -0.39 is 0 Å². The molecule has 4 heteroatoms. The molecule has 1 N–H and O–H groups in total. The van der Waals surface area contributed by atoms with Crippen molar-refractivity contribution >= 4 is 12.2 Å². The van der Waals surface area contributed by atoms with Crippen LogP contribution in [0.25, 0.3) is 0 Å². The number of nitrogens with zero attached hydrogens (tertiary/aromatic N) is 2. The third-order valence-corrected chi connectivity index (χ3v) is 0.987. The van der Waals surface area contributed by atoms with Crippen molar-refractivity contribution in [2.45, 2.75) is 0 Å². The summed E-state index contributed by atoms with van der Waals surface area (Å²) in [5.41, 5.74) is 0. The molecule has 0 fully saturated rings.